The van der Waals surface area contributed by atoms with Gasteiger partial charge in [-0.3, -0.25) is 9.69 Å². The molecule has 1 atom stereocenters. The van der Waals surface area contributed by atoms with Gasteiger partial charge in [0.25, 0.3) is 0 Å². The van der Waals surface area contributed by atoms with Gasteiger partial charge in [-0.25, -0.2) is 0 Å². The normalized spacial score (nSPS) is 25.7. The highest BCUT2D eigenvalue weighted by atomic mass is 16.5. The van der Waals surface area contributed by atoms with Crippen LogP contribution >= 0.6 is 0 Å². The molecular formula is C15H24N2O2. The third-order valence-corrected chi connectivity index (χ3v) is 3.72. The van der Waals surface area contributed by atoms with E-state index in [1.165, 1.54) is 0 Å². The maximum absolute atomic E-state index is 12.1. The first-order valence-corrected chi connectivity index (χ1v) is 7.21. The van der Waals surface area contributed by atoms with Gasteiger partial charge >= 0.3 is 0 Å². The fraction of sp³-hybridized carbons (Fsp3) is 0.667. The fourth-order valence-corrected chi connectivity index (χ4v) is 2.67. The largest absolute Gasteiger partial charge is 0.379 e. The summed E-state index contributed by atoms with van der Waals surface area (Å²) in [5.74, 6) is 0.147. The molecule has 2 aliphatic rings. The second kappa shape index (κ2) is 7.46. The molecule has 2 aliphatic heterocycles. The summed E-state index contributed by atoms with van der Waals surface area (Å²) in [6.45, 7) is 7.27. The fourth-order valence-electron chi connectivity index (χ4n) is 2.67. The van der Waals surface area contributed by atoms with E-state index in [4.69, 9.17) is 4.74 Å². The van der Waals surface area contributed by atoms with Crippen molar-refractivity contribution < 1.29 is 9.53 Å². The quantitative estimate of drug-likeness (QED) is 0.569. The zero-order valence-corrected chi connectivity index (χ0v) is 11.8. The van der Waals surface area contributed by atoms with Crippen LogP contribution in [0.1, 0.15) is 19.8 Å². The Morgan fingerprint density at radius 2 is 2.11 bits per heavy atom. The van der Waals surface area contributed by atoms with Crippen LogP contribution in [0.5, 0.6) is 0 Å². The molecule has 106 valence electrons. The van der Waals surface area contributed by atoms with Crippen molar-refractivity contribution in [2.45, 2.75) is 25.8 Å². The standard InChI is InChI=1S/C15H24N2O2/c1-2-5-14-6-3-9-17(14)15(18)7-4-8-16-10-12-19-13-11-16/h2,4-5,7,14H,3,6,8-13H2,1H3/b5-2+,7-4+/t14-/m1/s1. The summed E-state index contributed by atoms with van der Waals surface area (Å²) in [5, 5.41) is 0. The molecule has 1 amide bonds. The number of nitrogens with zero attached hydrogens (tertiary/aromatic N) is 2. The molecule has 4 heteroatoms. The summed E-state index contributed by atoms with van der Waals surface area (Å²) >= 11 is 0. The van der Waals surface area contributed by atoms with Crippen LogP contribution in [0.25, 0.3) is 0 Å². The van der Waals surface area contributed by atoms with E-state index in [-0.39, 0.29) is 5.91 Å². The first-order chi connectivity index (χ1) is 9.31. The number of morpholine rings is 1. The van der Waals surface area contributed by atoms with Crippen molar-refractivity contribution in [3.05, 3.63) is 24.3 Å². The van der Waals surface area contributed by atoms with Crippen LogP contribution in [-0.2, 0) is 9.53 Å². The molecule has 0 aromatic heterocycles. The highest BCUT2D eigenvalue weighted by Crippen LogP contribution is 2.18. The van der Waals surface area contributed by atoms with Crippen LogP contribution in [0.2, 0.25) is 0 Å². The van der Waals surface area contributed by atoms with Gasteiger partial charge in [0.2, 0.25) is 5.91 Å². The van der Waals surface area contributed by atoms with Crippen LogP contribution in [0.15, 0.2) is 24.3 Å². The molecule has 0 bridgehead atoms. The van der Waals surface area contributed by atoms with Crippen molar-refractivity contribution in [2.75, 3.05) is 39.4 Å². The molecule has 2 heterocycles. The average Bonchev–Trinajstić information content (AvgIpc) is 2.89. The Balaban J connectivity index is 1.79. The maximum Gasteiger partial charge on any atom is 0.246 e. The number of carbonyl (C=O) groups excluding carboxylic acids is 1. The molecule has 0 radical (unpaired) electrons. The predicted octanol–water partition coefficient (Wildman–Crippen LogP) is 1.44. The van der Waals surface area contributed by atoms with Crippen molar-refractivity contribution in [1.29, 1.82) is 0 Å². The number of carbonyl (C=O) groups is 1. The highest BCUT2D eigenvalue weighted by molar-refractivity contribution is 5.88. The number of amides is 1. The second-order valence-corrected chi connectivity index (χ2v) is 5.08. The van der Waals surface area contributed by atoms with Gasteiger partial charge in [-0.15, -0.1) is 0 Å². The second-order valence-electron chi connectivity index (χ2n) is 5.08. The van der Waals surface area contributed by atoms with Gasteiger partial charge in [0.15, 0.2) is 0 Å². The Hall–Kier alpha value is -1.13. The molecule has 0 unspecified atom stereocenters. The lowest BCUT2D eigenvalue weighted by molar-refractivity contribution is -0.126. The van der Waals surface area contributed by atoms with E-state index in [1.54, 1.807) is 6.08 Å². The molecule has 2 fully saturated rings. The lowest BCUT2D eigenvalue weighted by Crippen LogP contribution is -2.36. The highest BCUT2D eigenvalue weighted by Gasteiger charge is 2.24. The van der Waals surface area contributed by atoms with Crippen molar-refractivity contribution in [3.8, 4) is 0 Å². The van der Waals surface area contributed by atoms with Crippen molar-refractivity contribution in [3.63, 3.8) is 0 Å². The van der Waals surface area contributed by atoms with E-state index in [0.29, 0.717) is 6.04 Å². The average molecular weight is 264 g/mol. The van der Waals surface area contributed by atoms with Crippen LogP contribution in [0.3, 0.4) is 0 Å². The lowest BCUT2D eigenvalue weighted by Gasteiger charge is -2.25. The molecule has 0 spiro atoms. The monoisotopic (exact) mass is 264 g/mol. The minimum atomic E-state index is 0.147. The third kappa shape index (κ3) is 4.18. The van der Waals surface area contributed by atoms with Crippen LogP contribution < -0.4 is 0 Å². The van der Waals surface area contributed by atoms with Gasteiger partial charge < -0.3 is 9.64 Å². The van der Waals surface area contributed by atoms with Gasteiger partial charge in [0, 0.05) is 32.3 Å². The summed E-state index contributed by atoms with van der Waals surface area (Å²) in [6, 6.07) is 0.297. The van der Waals surface area contributed by atoms with E-state index in [9.17, 15) is 4.79 Å². The summed E-state index contributed by atoms with van der Waals surface area (Å²) < 4.78 is 5.30. The van der Waals surface area contributed by atoms with Gasteiger partial charge in [-0.05, 0) is 19.8 Å². The van der Waals surface area contributed by atoms with Gasteiger partial charge in [-0.2, -0.15) is 0 Å². The first kappa shape index (κ1) is 14.3. The van der Waals surface area contributed by atoms with E-state index in [1.807, 2.05) is 24.0 Å². The Morgan fingerprint density at radius 3 is 2.84 bits per heavy atom. The van der Waals surface area contributed by atoms with Crippen molar-refractivity contribution >= 4 is 5.91 Å². The number of allylic oxidation sites excluding steroid dienone is 1. The first-order valence-electron chi connectivity index (χ1n) is 7.21. The summed E-state index contributed by atoms with van der Waals surface area (Å²) in [6.07, 6.45) is 10.1. The van der Waals surface area contributed by atoms with E-state index in [2.05, 4.69) is 11.0 Å². The number of rotatable bonds is 4. The zero-order chi connectivity index (χ0) is 13.5. The van der Waals surface area contributed by atoms with Crippen molar-refractivity contribution in [2.24, 2.45) is 0 Å². The lowest BCUT2D eigenvalue weighted by atomic mass is 10.2. The molecule has 0 N–H and O–H groups in total. The van der Waals surface area contributed by atoms with E-state index >= 15 is 0 Å². The molecular weight excluding hydrogens is 240 g/mol. The van der Waals surface area contributed by atoms with Gasteiger partial charge in [-0.1, -0.05) is 18.2 Å². The SMILES string of the molecule is C/C=C/[C@@H]1CCCN1C(=O)/C=C/CN1CCOCC1. The van der Waals surface area contributed by atoms with Gasteiger partial charge in [0.1, 0.15) is 0 Å². The minimum Gasteiger partial charge on any atom is -0.379 e. The summed E-state index contributed by atoms with van der Waals surface area (Å²) in [7, 11) is 0. The minimum absolute atomic E-state index is 0.147. The Bertz CT molecular complexity index is 346. The molecule has 0 aromatic carbocycles. The Labute approximate surface area is 115 Å². The number of hydrogen-bond donors (Lipinski definition) is 0. The third-order valence-electron chi connectivity index (χ3n) is 3.72. The molecule has 4 nitrogen and oxygen atoms in total. The van der Waals surface area contributed by atoms with Crippen LogP contribution in [-0.4, -0.2) is 61.1 Å². The number of likely N-dealkylation sites (tertiary alicyclic amines) is 1. The van der Waals surface area contributed by atoms with Crippen LogP contribution in [0, 0.1) is 0 Å². The predicted molar refractivity (Wildman–Crippen MR) is 75.9 cm³/mol. The summed E-state index contributed by atoms with van der Waals surface area (Å²) in [4.78, 5) is 16.4. The topological polar surface area (TPSA) is 32.8 Å². The molecule has 19 heavy (non-hydrogen) atoms. The Kier molecular flexibility index (Phi) is 5.61. The van der Waals surface area contributed by atoms with Crippen LogP contribution in [0.4, 0.5) is 0 Å². The van der Waals surface area contributed by atoms with Crippen molar-refractivity contribution in [1.82, 2.24) is 9.80 Å². The number of hydrogen-bond acceptors (Lipinski definition) is 3. The zero-order valence-electron chi connectivity index (χ0n) is 11.8. The molecule has 2 saturated heterocycles. The summed E-state index contributed by atoms with van der Waals surface area (Å²) in [5.41, 5.74) is 0. The molecule has 0 aromatic rings. The van der Waals surface area contributed by atoms with E-state index in [0.717, 1.165) is 52.2 Å². The van der Waals surface area contributed by atoms with E-state index < -0.39 is 0 Å². The number of ether oxygens (including phenoxy) is 1. The maximum atomic E-state index is 12.1. The molecule has 2 rings (SSSR count). The Morgan fingerprint density at radius 1 is 1.32 bits per heavy atom. The molecule has 0 aliphatic carbocycles. The van der Waals surface area contributed by atoms with Gasteiger partial charge in [0.05, 0.1) is 19.3 Å². The molecule has 0 saturated carbocycles. The smallest absolute Gasteiger partial charge is 0.246 e.